The number of nitrogens with one attached hydrogen (secondary N) is 1. The number of carbonyl (C=O) groups is 1. The summed E-state index contributed by atoms with van der Waals surface area (Å²) in [7, 11) is 1.50. The van der Waals surface area contributed by atoms with Gasteiger partial charge >= 0.3 is 0 Å². The second-order valence-corrected chi connectivity index (χ2v) is 4.53. The van der Waals surface area contributed by atoms with Crippen LogP contribution in [0.25, 0.3) is 0 Å². The van der Waals surface area contributed by atoms with Crippen molar-refractivity contribution in [1.29, 1.82) is 0 Å². The first kappa shape index (κ1) is 14.4. The predicted octanol–water partition coefficient (Wildman–Crippen LogP) is 1.87. The van der Waals surface area contributed by atoms with Gasteiger partial charge in [-0.15, -0.1) is 0 Å². The second-order valence-electron chi connectivity index (χ2n) is 4.53. The van der Waals surface area contributed by atoms with E-state index in [-0.39, 0.29) is 16.7 Å². The van der Waals surface area contributed by atoms with Crippen LogP contribution in [-0.4, -0.2) is 22.9 Å². The van der Waals surface area contributed by atoms with Gasteiger partial charge in [0.05, 0.1) is 4.92 Å². The van der Waals surface area contributed by atoms with E-state index in [4.69, 9.17) is 0 Å². The molecule has 21 heavy (non-hydrogen) atoms. The summed E-state index contributed by atoms with van der Waals surface area (Å²) in [5.41, 5.74) is 0.708. The zero-order valence-corrected chi connectivity index (χ0v) is 11.5. The molecular weight excluding hydrogens is 274 g/mol. The highest BCUT2D eigenvalue weighted by Crippen LogP contribution is 2.19. The molecule has 1 aromatic heterocycles. The molecule has 0 aliphatic carbocycles. The minimum Gasteiger partial charge on any atom is -0.364 e. The first-order valence-corrected chi connectivity index (χ1v) is 6.12. The minimum absolute atomic E-state index is 0.0152. The van der Waals surface area contributed by atoms with E-state index in [1.807, 2.05) is 0 Å². The fraction of sp³-hybridized carbons (Fsp3) is 0.143. The summed E-state index contributed by atoms with van der Waals surface area (Å²) in [5.74, 6) is -0.481. The molecule has 0 bridgehead atoms. The number of aromatic nitrogens is 1. The van der Waals surface area contributed by atoms with E-state index < -0.39 is 10.8 Å². The Labute approximate surface area is 120 Å². The smallest absolute Gasteiger partial charge is 0.269 e. The van der Waals surface area contributed by atoms with Crippen LogP contribution in [0.5, 0.6) is 0 Å². The standard InChI is InChI=1S/C14H13N3O4/c1-9-7-13(18)12(8-15-9)14(19)16(2)10-3-5-11(6-4-10)17(20)21/h3-8H,1-2H3,(H,15,18). The summed E-state index contributed by atoms with van der Waals surface area (Å²) in [5, 5.41) is 10.6. The number of nitro groups is 1. The molecule has 2 aromatic rings. The number of hydrogen-bond donors (Lipinski definition) is 1. The van der Waals surface area contributed by atoms with Gasteiger partial charge in [0.2, 0.25) is 0 Å². The van der Waals surface area contributed by atoms with E-state index in [1.165, 1.54) is 48.5 Å². The monoisotopic (exact) mass is 287 g/mol. The maximum Gasteiger partial charge on any atom is 0.269 e. The average molecular weight is 287 g/mol. The van der Waals surface area contributed by atoms with Crippen LogP contribution in [0.2, 0.25) is 0 Å². The molecular formula is C14H13N3O4. The number of pyridine rings is 1. The number of nitrogens with zero attached hydrogens (tertiary/aromatic N) is 2. The van der Waals surface area contributed by atoms with E-state index in [9.17, 15) is 19.7 Å². The maximum atomic E-state index is 12.3. The van der Waals surface area contributed by atoms with Crippen LogP contribution in [0, 0.1) is 17.0 Å². The number of nitro benzene ring substituents is 1. The van der Waals surface area contributed by atoms with E-state index in [0.29, 0.717) is 11.4 Å². The van der Waals surface area contributed by atoms with Gasteiger partial charge in [0.1, 0.15) is 5.56 Å². The van der Waals surface area contributed by atoms with Crippen LogP contribution >= 0.6 is 0 Å². The highest BCUT2D eigenvalue weighted by molar-refractivity contribution is 6.05. The molecule has 1 amide bonds. The Bertz CT molecular complexity index is 750. The van der Waals surface area contributed by atoms with E-state index in [1.54, 1.807) is 6.92 Å². The second kappa shape index (κ2) is 5.58. The lowest BCUT2D eigenvalue weighted by molar-refractivity contribution is -0.384. The Morgan fingerprint density at radius 2 is 1.90 bits per heavy atom. The molecule has 0 unspecified atom stereocenters. The third-order valence-corrected chi connectivity index (χ3v) is 3.04. The Kier molecular flexibility index (Phi) is 3.84. The molecule has 7 nitrogen and oxygen atoms in total. The topological polar surface area (TPSA) is 96.3 Å². The molecule has 0 fully saturated rings. The van der Waals surface area contributed by atoms with Crippen LogP contribution < -0.4 is 10.3 Å². The number of H-pyrrole nitrogens is 1. The number of rotatable bonds is 3. The highest BCUT2D eigenvalue weighted by Gasteiger charge is 2.17. The fourth-order valence-corrected chi connectivity index (χ4v) is 1.84. The van der Waals surface area contributed by atoms with Gasteiger partial charge < -0.3 is 9.88 Å². The van der Waals surface area contributed by atoms with Gasteiger partial charge in [-0.1, -0.05) is 0 Å². The van der Waals surface area contributed by atoms with E-state index in [0.717, 1.165) is 0 Å². The number of carbonyl (C=O) groups excluding carboxylic acids is 1. The molecule has 0 radical (unpaired) electrons. The van der Waals surface area contributed by atoms with Crippen molar-refractivity contribution in [2.24, 2.45) is 0 Å². The summed E-state index contributed by atoms with van der Waals surface area (Å²) < 4.78 is 0. The van der Waals surface area contributed by atoms with Crippen LogP contribution in [0.3, 0.4) is 0 Å². The number of aryl methyl sites for hydroxylation is 1. The van der Waals surface area contributed by atoms with Crippen molar-refractivity contribution in [3.63, 3.8) is 0 Å². The highest BCUT2D eigenvalue weighted by atomic mass is 16.6. The predicted molar refractivity (Wildman–Crippen MR) is 77.6 cm³/mol. The zero-order chi connectivity index (χ0) is 15.6. The van der Waals surface area contributed by atoms with Gasteiger partial charge in [-0.3, -0.25) is 19.7 Å². The molecule has 0 atom stereocenters. The van der Waals surface area contributed by atoms with Crippen molar-refractivity contribution in [2.75, 3.05) is 11.9 Å². The summed E-state index contributed by atoms with van der Waals surface area (Å²) in [6.07, 6.45) is 1.36. The SMILES string of the molecule is Cc1cc(=O)c(C(=O)N(C)c2ccc([N+](=O)[O-])cc2)c[nH]1. The number of hydrogen-bond acceptors (Lipinski definition) is 4. The van der Waals surface area contributed by atoms with Gasteiger partial charge in [-0.2, -0.15) is 0 Å². The van der Waals surface area contributed by atoms with Crippen molar-refractivity contribution in [3.05, 3.63) is 68.1 Å². The average Bonchev–Trinajstić information content (AvgIpc) is 2.46. The third-order valence-electron chi connectivity index (χ3n) is 3.04. The summed E-state index contributed by atoms with van der Waals surface area (Å²) in [4.78, 5) is 38.2. The van der Waals surface area contributed by atoms with Crippen molar-refractivity contribution in [2.45, 2.75) is 6.92 Å². The number of non-ortho nitro benzene ring substituents is 1. The lowest BCUT2D eigenvalue weighted by atomic mass is 10.2. The van der Waals surface area contributed by atoms with Crippen molar-refractivity contribution >= 4 is 17.3 Å². The quantitative estimate of drug-likeness (QED) is 0.688. The van der Waals surface area contributed by atoms with Crippen LogP contribution in [0.4, 0.5) is 11.4 Å². The Morgan fingerprint density at radius 3 is 2.43 bits per heavy atom. The van der Waals surface area contributed by atoms with Crippen LogP contribution in [0.1, 0.15) is 16.1 Å². The third kappa shape index (κ3) is 2.97. The van der Waals surface area contributed by atoms with Gasteiger partial charge in [0.25, 0.3) is 11.6 Å². The van der Waals surface area contributed by atoms with Crippen molar-refractivity contribution < 1.29 is 9.72 Å². The van der Waals surface area contributed by atoms with Gasteiger partial charge in [-0.25, -0.2) is 0 Å². The number of anilines is 1. The number of aromatic amines is 1. The molecule has 2 rings (SSSR count). The molecule has 1 heterocycles. The summed E-state index contributed by atoms with van der Waals surface area (Å²) in [6, 6.07) is 6.87. The van der Waals surface area contributed by atoms with E-state index >= 15 is 0 Å². The first-order chi connectivity index (χ1) is 9.90. The van der Waals surface area contributed by atoms with Crippen LogP contribution in [0.15, 0.2) is 41.3 Å². The number of amides is 1. The molecule has 1 N–H and O–H groups in total. The Balaban J connectivity index is 2.30. The molecule has 0 aliphatic heterocycles. The normalized spacial score (nSPS) is 10.2. The van der Waals surface area contributed by atoms with Gasteiger partial charge in [0.15, 0.2) is 5.43 Å². The fourth-order valence-electron chi connectivity index (χ4n) is 1.84. The van der Waals surface area contributed by atoms with Gasteiger partial charge in [-0.05, 0) is 19.1 Å². The van der Waals surface area contributed by atoms with Crippen molar-refractivity contribution in [1.82, 2.24) is 4.98 Å². The van der Waals surface area contributed by atoms with Gasteiger partial charge in [0, 0.05) is 42.8 Å². The molecule has 108 valence electrons. The first-order valence-electron chi connectivity index (χ1n) is 6.12. The van der Waals surface area contributed by atoms with Crippen molar-refractivity contribution in [3.8, 4) is 0 Å². The minimum atomic E-state index is -0.518. The summed E-state index contributed by atoms with van der Waals surface area (Å²) >= 11 is 0. The molecule has 0 saturated carbocycles. The Hall–Kier alpha value is -2.96. The van der Waals surface area contributed by atoms with Crippen LogP contribution in [-0.2, 0) is 0 Å². The Morgan fingerprint density at radius 1 is 1.29 bits per heavy atom. The summed E-state index contributed by atoms with van der Waals surface area (Å²) in [6.45, 7) is 1.72. The molecule has 0 aliphatic rings. The largest absolute Gasteiger partial charge is 0.364 e. The maximum absolute atomic E-state index is 12.3. The molecule has 0 saturated heterocycles. The number of benzene rings is 1. The molecule has 7 heteroatoms. The lowest BCUT2D eigenvalue weighted by Gasteiger charge is -2.16. The molecule has 0 spiro atoms. The molecule has 1 aromatic carbocycles. The zero-order valence-electron chi connectivity index (χ0n) is 11.5. The van der Waals surface area contributed by atoms with E-state index in [2.05, 4.69) is 4.98 Å². The lowest BCUT2D eigenvalue weighted by Crippen LogP contribution is -2.30.